The van der Waals surface area contributed by atoms with E-state index >= 15 is 0 Å². The summed E-state index contributed by atoms with van der Waals surface area (Å²) in [5, 5.41) is 3.18. The normalized spacial score (nSPS) is 25.0. The van der Waals surface area contributed by atoms with Crippen molar-refractivity contribution in [2.45, 2.75) is 31.2 Å². The highest BCUT2D eigenvalue weighted by molar-refractivity contribution is 5.83. The first-order valence-electron chi connectivity index (χ1n) is 9.10. The lowest BCUT2D eigenvalue weighted by atomic mass is 10.0. The van der Waals surface area contributed by atoms with Gasteiger partial charge in [-0.15, -0.1) is 0 Å². The van der Waals surface area contributed by atoms with E-state index in [2.05, 4.69) is 15.3 Å². The van der Waals surface area contributed by atoms with Crippen LogP contribution in [0.3, 0.4) is 0 Å². The summed E-state index contributed by atoms with van der Waals surface area (Å²) in [6, 6.07) is 4.00. The molecule has 2 aliphatic rings. The third-order valence-electron chi connectivity index (χ3n) is 5.31. The summed E-state index contributed by atoms with van der Waals surface area (Å²) < 4.78 is 1.53. The molecule has 7 nitrogen and oxygen atoms in total. The van der Waals surface area contributed by atoms with Gasteiger partial charge in [-0.05, 0) is 36.8 Å². The quantitative estimate of drug-likeness (QED) is 0.889. The molecule has 3 atom stereocenters. The van der Waals surface area contributed by atoms with Crippen LogP contribution in [0.1, 0.15) is 30.7 Å². The number of piperidine rings is 1. The third kappa shape index (κ3) is 3.34. The molecular weight excluding hydrogens is 330 g/mol. The van der Waals surface area contributed by atoms with Gasteiger partial charge >= 0.3 is 0 Å². The Balaban J connectivity index is 1.38. The maximum atomic E-state index is 12.6. The Labute approximate surface area is 152 Å². The first-order valence-corrected chi connectivity index (χ1v) is 9.10. The molecule has 7 heteroatoms. The molecule has 4 rings (SSSR count). The zero-order chi connectivity index (χ0) is 18.1. The number of nitrogens with zero attached hydrogens (tertiary/aromatic N) is 4. The SMILES string of the molecule is Cn1ccnc(N2CCC[C@H](NC(=O)[C@@H]3C[C@H]3c3cccnc3)C2)c1=O. The van der Waals surface area contributed by atoms with Crippen molar-refractivity contribution in [3.8, 4) is 0 Å². The van der Waals surface area contributed by atoms with E-state index in [4.69, 9.17) is 0 Å². The Hall–Kier alpha value is -2.70. The van der Waals surface area contributed by atoms with Gasteiger partial charge in [-0.25, -0.2) is 4.98 Å². The average Bonchev–Trinajstić information content (AvgIpc) is 3.46. The van der Waals surface area contributed by atoms with Crippen LogP contribution in [-0.4, -0.2) is 39.6 Å². The van der Waals surface area contributed by atoms with Crippen LogP contribution in [0.15, 0.2) is 41.7 Å². The lowest BCUT2D eigenvalue weighted by Gasteiger charge is -2.33. The van der Waals surface area contributed by atoms with E-state index < -0.39 is 0 Å². The third-order valence-corrected chi connectivity index (χ3v) is 5.31. The van der Waals surface area contributed by atoms with Crippen LogP contribution >= 0.6 is 0 Å². The summed E-state index contributed by atoms with van der Waals surface area (Å²) in [5.74, 6) is 0.900. The molecule has 1 saturated heterocycles. The molecule has 0 unspecified atom stereocenters. The van der Waals surface area contributed by atoms with Crippen molar-refractivity contribution in [2.24, 2.45) is 13.0 Å². The van der Waals surface area contributed by atoms with Gasteiger partial charge in [0.05, 0.1) is 0 Å². The Morgan fingerprint density at radius 3 is 3.04 bits per heavy atom. The van der Waals surface area contributed by atoms with Crippen molar-refractivity contribution in [2.75, 3.05) is 18.0 Å². The smallest absolute Gasteiger partial charge is 0.293 e. The number of pyridine rings is 1. The van der Waals surface area contributed by atoms with Crippen LogP contribution in [-0.2, 0) is 11.8 Å². The second-order valence-corrected chi connectivity index (χ2v) is 7.20. The second kappa shape index (κ2) is 6.90. The van der Waals surface area contributed by atoms with Gasteiger partial charge in [0.25, 0.3) is 5.56 Å². The maximum Gasteiger partial charge on any atom is 0.293 e. The molecule has 1 aliphatic carbocycles. The summed E-state index contributed by atoms with van der Waals surface area (Å²) in [6.07, 6.45) is 9.63. The number of aromatic nitrogens is 3. The highest BCUT2D eigenvalue weighted by atomic mass is 16.2. The van der Waals surface area contributed by atoms with Crippen molar-refractivity contribution in [1.82, 2.24) is 19.9 Å². The molecule has 1 amide bonds. The number of hydrogen-bond donors (Lipinski definition) is 1. The van der Waals surface area contributed by atoms with E-state index in [-0.39, 0.29) is 29.3 Å². The predicted octanol–water partition coefficient (Wildman–Crippen LogP) is 1.06. The molecule has 0 radical (unpaired) electrons. The van der Waals surface area contributed by atoms with Crippen molar-refractivity contribution in [3.05, 3.63) is 52.8 Å². The molecule has 2 fully saturated rings. The van der Waals surface area contributed by atoms with Crippen molar-refractivity contribution >= 4 is 11.7 Å². The summed E-state index contributed by atoms with van der Waals surface area (Å²) >= 11 is 0. The zero-order valence-electron chi connectivity index (χ0n) is 14.8. The number of carbonyl (C=O) groups is 1. The fourth-order valence-electron chi connectivity index (χ4n) is 3.75. The summed E-state index contributed by atoms with van der Waals surface area (Å²) in [5.41, 5.74) is 1.04. The number of rotatable bonds is 4. The van der Waals surface area contributed by atoms with Gasteiger partial charge in [0, 0.05) is 56.9 Å². The van der Waals surface area contributed by atoms with Crippen LogP contribution < -0.4 is 15.8 Å². The molecule has 1 aliphatic heterocycles. The van der Waals surface area contributed by atoms with Crippen LogP contribution in [0.25, 0.3) is 0 Å². The Morgan fingerprint density at radius 1 is 1.35 bits per heavy atom. The molecule has 3 heterocycles. The monoisotopic (exact) mass is 353 g/mol. The largest absolute Gasteiger partial charge is 0.351 e. The van der Waals surface area contributed by atoms with E-state index in [9.17, 15) is 9.59 Å². The average molecular weight is 353 g/mol. The van der Waals surface area contributed by atoms with Crippen molar-refractivity contribution < 1.29 is 4.79 Å². The number of carbonyl (C=O) groups excluding carboxylic acids is 1. The van der Waals surface area contributed by atoms with Crippen LogP contribution in [0.2, 0.25) is 0 Å². The Bertz CT molecular complexity index is 851. The predicted molar refractivity (Wildman–Crippen MR) is 97.9 cm³/mol. The van der Waals surface area contributed by atoms with E-state index in [1.54, 1.807) is 25.6 Å². The van der Waals surface area contributed by atoms with Gasteiger partial charge in [0.2, 0.25) is 5.91 Å². The number of amides is 1. The Kier molecular flexibility index (Phi) is 4.44. The van der Waals surface area contributed by atoms with Crippen LogP contribution in [0, 0.1) is 5.92 Å². The molecule has 2 aromatic heterocycles. The van der Waals surface area contributed by atoms with Gasteiger partial charge in [-0.1, -0.05) is 6.07 Å². The van der Waals surface area contributed by atoms with Gasteiger partial charge in [0.1, 0.15) is 0 Å². The minimum absolute atomic E-state index is 0.0392. The standard InChI is InChI=1S/C19H23N5O2/c1-23-9-7-21-17(19(23)26)24-8-3-5-14(12-24)22-18(25)16-10-15(16)13-4-2-6-20-11-13/h2,4,6-7,9,11,14-16H,3,5,8,10,12H2,1H3,(H,22,25)/t14-,15-,16+/m0/s1. The molecule has 1 N–H and O–H groups in total. The maximum absolute atomic E-state index is 12.6. The van der Waals surface area contributed by atoms with E-state index in [1.807, 2.05) is 23.2 Å². The summed E-state index contributed by atoms with van der Waals surface area (Å²) in [6.45, 7) is 1.42. The molecule has 1 saturated carbocycles. The first kappa shape index (κ1) is 16.8. The fraction of sp³-hybridized carbons (Fsp3) is 0.474. The molecule has 26 heavy (non-hydrogen) atoms. The highest BCUT2D eigenvalue weighted by Crippen LogP contribution is 2.47. The van der Waals surface area contributed by atoms with Gasteiger partial charge in [0.15, 0.2) is 5.82 Å². The number of nitrogens with one attached hydrogen (secondary N) is 1. The van der Waals surface area contributed by atoms with E-state index in [1.165, 1.54) is 4.57 Å². The van der Waals surface area contributed by atoms with E-state index in [0.717, 1.165) is 31.4 Å². The molecule has 0 bridgehead atoms. The number of aryl methyl sites for hydroxylation is 1. The topological polar surface area (TPSA) is 80.1 Å². The lowest BCUT2D eigenvalue weighted by molar-refractivity contribution is -0.123. The number of anilines is 1. The van der Waals surface area contributed by atoms with Gasteiger partial charge in [-0.3, -0.25) is 14.6 Å². The van der Waals surface area contributed by atoms with Crippen molar-refractivity contribution in [1.29, 1.82) is 0 Å². The lowest BCUT2D eigenvalue weighted by Crippen LogP contribution is -2.50. The minimum Gasteiger partial charge on any atom is -0.351 e. The minimum atomic E-state index is -0.0988. The van der Waals surface area contributed by atoms with E-state index in [0.29, 0.717) is 12.4 Å². The summed E-state index contributed by atoms with van der Waals surface area (Å²) in [7, 11) is 1.72. The first-order chi connectivity index (χ1) is 12.6. The van der Waals surface area contributed by atoms with Crippen molar-refractivity contribution in [3.63, 3.8) is 0 Å². The second-order valence-electron chi connectivity index (χ2n) is 7.20. The van der Waals surface area contributed by atoms with Gasteiger partial charge in [-0.2, -0.15) is 0 Å². The number of hydrogen-bond acceptors (Lipinski definition) is 5. The fourth-order valence-corrected chi connectivity index (χ4v) is 3.75. The zero-order valence-corrected chi connectivity index (χ0v) is 14.8. The van der Waals surface area contributed by atoms with Gasteiger partial charge < -0.3 is 14.8 Å². The molecular formula is C19H23N5O2. The van der Waals surface area contributed by atoms with Crippen LogP contribution in [0.4, 0.5) is 5.82 Å². The molecule has 136 valence electrons. The molecule has 0 spiro atoms. The summed E-state index contributed by atoms with van der Waals surface area (Å²) in [4.78, 5) is 35.2. The van der Waals surface area contributed by atoms with Crippen LogP contribution in [0.5, 0.6) is 0 Å². The highest BCUT2D eigenvalue weighted by Gasteiger charge is 2.44. The Morgan fingerprint density at radius 2 is 2.23 bits per heavy atom. The molecule has 0 aromatic carbocycles. The molecule has 2 aromatic rings.